The standard InChI is InChI=1S/C20H21N3O/c1-12-5-3-7-15-11-16(22-17(12)15)20(24)23-19(14-8-9-14)18-13(2)6-4-10-21-18/h3-7,10-11,14,19,22H,8-9H2,1-2H3,(H,23,24)/t19-/m1/s1. The van der Waals surface area contributed by atoms with Gasteiger partial charge in [-0.2, -0.15) is 0 Å². The van der Waals surface area contributed by atoms with Crippen molar-refractivity contribution in [3.8, 4) is 0 Å². The van der Waals surface area contributed by atoms with Crippen molar-refractivity contribution in [1.29, 1.82) is 0 Å². The van der Waals surface area contributed by atoms with E-state index in [1.54, 1.807) is 6.20 Å². The fraction of sp³-hybridized carbons (Fsp3) is 0.300. The van der Waals surface area contributed by atoms with E-state index in [9.17, 15) is 4.79 Å². The number of H-pyrrole nitrogens is 1. The van der Waals surface area contributed by atoms with E-state index in [4.69, 9.17) is 0 Å². The molecule has 1 aliphatic rings. The fourth-order valence-electron chi connectivity index (χ4n) is 3.31. The largest absolute Gasteiger partial charge is 0.350 e. The van der Waals surface area contributed by atoms with E-state index in [0.29, 0.717) is 11.6 Å². The summed E-state index contributed by atoms with van der Waals surface area (Å²) in [6, 6.07) is 12.0. The number of nitrogens with one attached hydrogen (secondary N) is 2. The highest BCUT2D eigenvalue weighted by atomic mass is 16.2. The molecule has 0 radical (unpaired) electrons. The molecule has 4 heteroatoms. The number of carbonyl (C=O) groups is 1. The number of fused-ring (bicyclic) bond motifs is 1. The molecule has 3 aromatic rings. The van der Waals surface area contributed by atoms with Crippen molar-refractivity contribution < 1.29 is 4.79 Å². The first kappa shape index (κ1) is 14.9. The first-order valence-electron chi connectivity index (χ1n) is 8.44. The molecule has 122 valence electrons. The second-order valence-electron chi connectivity index (χ2n) is 6.72. The summed E-state index contributed by atoms with van der Waals surface area (Å²) in [7, 11) is 0. The number of benzene rings is 1. The van der Waals surface area contributed by atoms with E-state index < -0.39 is 0 Å². The van der Waals surface area contributed by atoms with Crippen LogP contribution in [0.5, 0.6) is 0 Å². The van der Waals surface area contributed by atoms with Crippen LogP contribution in [0.3, 0.4) is 0 Å². The van der Waals surface area contributed by atoms with Crippen LogP contribution in [0.2, 0.25) is 0 Å². The molecule has 1 saturated carbocycles. The van der Waals surface area contributed by atoms with E-state index >= 15 is 0 Å². The van der Waals surface area contributed by atoms with Gasteiger partial charge in [0, 0.05) is 17.1 Å². The molecule has 1 fully saturated rings. The van der Waals surface area contributed by atoms with Crippen LogP contribution in [0.4, 0.5) is 0 Å². The van der Waals surface area contributed by atoms with Crippen molar-refractivity contribution in [2.75, 3.05) is 0 Å². The number of carbonyl (C=O) groups excluding carboxylic acids is 1. The molecule has 0 saturated heterocycles. The van der Waals surface area contributed by atoms with Crippen LogP contribution in [0.1, 0.15) is 46.2 Å². The second-order valence-corrected chi connectivity index (χ2v) is 6.72. The maximum absolute atomic E-state index is 12.8. The number of rotatable bonds is 4. The summed E-state index contributed by atoms with van der Waals surface area (Å²) in [5.74, 6) is 0.432. The molecule has 1 amide bonds. The minimum absolute atomic E-state index is 0.00814. The third kappa shape index (κ3) is 2.68. The van der Waals surface area contributed by atoms with Crippen LogP contribution < -0.4 is 5.32 Å². The Labute approximate surface area is 141 Å². The number of para-hydroxylation sites is 1. The average molecular weight is 319 g/mol. The van der Waals surface area contributed by atoms with Crippen LogP contribution in [0.25, 0.3) is 10.9 Å². The van der Waals surface area contributed by atoms with Gasteiger partial charge in [0.05, 0.1) is 11.7 Å². The molecule has 2 N–H and O–H groups in total. The molecule has 0 unspecified atom stereocenters. The van der Waals surface area contributed by atoms with Crippen molar-refractivity contribution in [2.24, 2.45) is 5.92 Å². The van der Waals surface area contributed by atoms with Gasteiger partial charge in [0.2, 0.25) is 0 Å². The number of hydrogen-bond acceptors (Lipinski definition) is 2. The average Bonchev–Trinajstić information content (AvgIpc) is 3.31. The number of aromatic amines is 1. The number of amides is 1. The lowest BCUT2D eigenvalue weighted by molar-refractivity contribution is 0.0926. The number of aromatic nitrogens is 2. The molecule has 0 aliphatic heterocycles. The summed E-state index contributed by atoms with van der Waals surface area (Å²) in [6.45, 7) is 4.10. The molecule has 4 rings (SSSR count). The van der Waals surface area contributed by atoms with Gasteiger partial charge in [-0.1, -0.05) is 24.3 Å². The highest BCUT2D eigenvalue weighted by Gasteiger charge is 2.35. The van der Waals surface area contributed by atoms with Crippen molar-refractivity contribution in [3.05, 3.63) is 65.1 Å². The van der Waals surface area contributed by atoms with Crippen molar-refractivity contribution >= 4 is 16.8 Å². The fourth-order valence-corrected chi connectivity index (χ4v) is 3.31. The number of pyridine rings is 1. The lowest BCUT2D eigenvalue weighted by Gasteiger charge is -2.19. The van der Waals surface area contributed by atoms with E-state index in [1.807, 2.05) is 37.3 Å². The Morgan fingerprint density at radius 3 is 2.71 bits per heavy atom. The van der Waals surface area contributed by atoms with Gasteiger partial charge in [0.15, 0.2) is 0 Å². The summed E-state index contributed by atoms with van der Waals surface area (Å²) in [5, 5.41) is 4.27. The van der Waals surface area contributed by atoms with Crippen LogP contribution >= 0.6 is 0 Å². The van der Waals surface area contributed by atoms with Gasteiger partial charge in [-0.3, -0.25) is 9.78 Å². The smallest absolute Gasteiger partial charge is 0.268 e. The molecule has 2 heterocycles. The minimum atomic E-state index is -0.0625. The van der Waals surface area contributed by atoms with E-state index in [2.05, 4.69) is 28.3 Å². The Kier molecular flexibility index (Phi) is 3.60. The maximum atomic E-state index is 12.8. The molecular weight excluding hydrogens is 298 g/mol. The Hall–Kier alpha value is -2.62. The highest BCUT2D eigenvalue weighted by Crippen LogP contribution is 2.41. The first-order chi connectivity index (χ1) is 11.6. The summed E-state index contributed by atoms with van der Waals surface area (Å²) >= 11 is 0. The predicted molar refractivity (Wildman–Crippen MR) is 94.9 cm³/mol. The quantitative estimate of drug-likeness (QED) is 0.762. The lowest BCUT2D eigenvalue weighted by Crippen LogP contribution is -2.31. The van der Waals surface area contributed by atoms with E-state index in [1.165, 1.54) is 0 Å². The number of nitrogens with zero attached hydrogens (tertiary/aromatic N) is 1. The Bertz CT molecular complexity index is 908. The summed E-state index contributed by atoms with van der Waals surface area (Å²) in [6.07, 6.45) is 4.09. The van der Waals surface area contributed by atoms with Crippen molar-refractivity contribution in [2.45, 2.75) is 32.7 Å². The van der Waals surface area contributed by atoms with Gasteiger partial charge in [-0.05, 0) is 55.9 Å². The maximum Gasteiger partial charge on any atom is 0.268 e. The molecule has 24 heavy (non-hydrogen) atoms. The van der Waals surface area contributed by atoms with E-state index in [-0.39, 0.29) is 11.9 Å². The van der Waals surface area contributed by atoms with Crippen LogP contribution in [-0.2, 0) is 0 Å². The Morgan fingerprint density at radius 1 is 1.21 bits per heavy atom. The molecule has 1 atom stereocenters. The third-order valence-corrected chi connectivity index (χ3v) is 4.83. The monoisotopic (exact) mass is 319 g/mol. The number of hydrogen-bond donors (Lipinski definition) is 2. The van der Waals surface area contributed by atoms with Crippen LogP contribution in [0, 0.1) is 19.8 Å². The lowest BCUT2D eigenvalue weighted by atomic mass is 10.0. The topological polar surface area (TPSA) is 57.8 Å². The zero-order valence-corrected chi connectivity index (χ0v) is 14.0. The van der Waals surface area contributed by atoms with E-state index in [0.717, 1.165) is 40.6 Å². The molecule has 1 aromatic carbocycles. The second kappa shape index (κ2) is 5.78. The SMILES string of the molecule is Cc1cccnc1[C@H](NC(=O)c1cc2cccc(C)c2[nH]1)C1CC1. The molecule has 2 aromatic heterocycles. The Morgan fingerprint density at radius 2 is 2.00 bits per heavy atom. The summed E-state index contributed by atoms with van der Waals surface area (Å²) < 4.78 is 0. The highest BCUT2D eigenvalue weighted by molar-refractivity contribution is 5.98. The zero-order chi connectivity index (χ0) is 16.7. The molecule has 0 bridgehead atoms. The van der Waals surface area contributed by atoms with Gasteiger partial charge >= 0.3 is 0 Å². The molecule has 0 spiro atoms. The van der Waals surface area contributed by atoms with Gasteiger partial charge in [-0.25, -0.2) is 0 Å². The van der Waals surface area contributed by atoms with Crippen molar-refractivity contribution in [3.63, 3.8) is 0 Å². The summed E-state index contributed by atoms with van der Waals surface area (Å²) in [4.78, 5) is 20.6. The van der Waals surface area contributed by atoms with Gasteiger partial charge in [0.25, 0.3) is 5.91 Å². The predicted octanol–water partition coefficient (Wildman–Crippen LogP) is 4.06. The molecular formula is C20H21N3O. The molecule has 4 nitrogen and oxygen atoms in total. The third-order valence-electron chi connectivity index (χ3n) is 4.83. The zero-order valence-electron chi connectivity index (χ0n) is 14.0. The number of aryl methyl sites for hydroxylation is 2. The molecule has 1 aliphatic carbocycles. The van der Waals surface area contributed by atoms with Gasteiger partial charge in [-0.15, -0.1) is 0 Å². The normalized spacial score (nSPS) is 15.4. The van der Waals surface area contributed by atoms with Gasteiger partial charge < -0.3 is 10.3 Å². The minimum Gasteiger partial charge on any atom is -0.350 e. The Balaban J connectivity index is 1.63. The van der Waals surface area contributed by atoms with Crippen LogP contribution in [0.15, 0.2) is 42.6 Å². The first-order valence-corrected chi connectivity index (χ1v) is 8.44. The van der Waals surface area contributed by atoms with Crippen LogP contribution in [-0.4, -0.2) is 15.9 Å². The summed E-state index contributed by atoms with van der Waals surface area (Å²) in [5.41, 5.74) is 4.90. The van der Waals surface area contributed by atoms with Gasteiger partial charge in [0.1, 0.15) is 5.69 Å². The van der Waals surface area contributed by atoms with Crippen molar-refractivity contribution in [1.82, 2.24) is 15.3 Å².